The van der Waals surface area contributed by atoms with E-state index in [2.05, 4.69) is 0 Å². The van der Waals surface area contributed by atoms with E-state index in [1.165, 1.54) is 6.07 Å². The Labute approximate surface area is 121 Å². The second-order valence-electron chi connectivity index (χ2n) is 4.40. The van der Waals surface area contributed by atoms with E-state index in [-0.39, 0.29) is 22.9 Å². The van der Waals surface area contributed by atoms with Gasteiger partial charge in [0.2, 0.25) is 0 Å². The number of hydrogen-bond acceptors (Lipinski definition) is 3. The molecule has 0 spiro atoms. The van der Waals surface area contributed by atoms with Gasteiger partial charge < -0.3 is 10.5 Å². The van der Waals surface area contributed by atoms with Crippen LogP contribution in [0.2, 0.25) is 5.02 Å². The van der Waals surface area contributed by atoms with Crippen LogP contribution in [0.25, 0.3) is 0 Å². The quantitative estimate of drug-likeness (QED) is 0.912. The molecular weight excluding hydrogens is 285 g/mol. The van der Waals surface area contributed by atoms with Crippen LogP contribution < -0.4 is 10.5 Å². The summed E-state index contributed by atoms with van der Waals surface area (Å²) in [5.41, 5.74) is 5.94. The summed E-state index contributed by atoms with van der Waals surface area (Å²) >= 11 is 7.34. The zero-order chi connectivity index (χ0) is 14.0. The van der Waals surface area contributed by atoms with Crippen molar-refractivity contribution in [2.24, 2.45) is 5.73 Å². The van der Waals surface area contributed by atoms with Crippen LogP contribution in [0.3, 0.4) is 0 Å². The third kappa shape index (κ3) is 3.26. The van der Waals surface area contributed by atoms with Crippen LogP contribution in [0.15, 0.2) is 30.3 Å². The fraction of sp³-hybridized carbons (Fsp3) is 0.286. The molecule has 0 radical (unpaired) electrons. The summed E-state index contributed by atoms with van der Waals surface area (Å²) in [6.07, 6.45) is -0.383. The molecule has 0 fully saturated rings. The van der Waals surface area contributed by atoms with Gasteiger partial charge in [-0.3, -0.25) is 0 Å². The lowest BCUT2D eigenvalue weighted by molar-refractivity contribution is 0.176. The second kappa shape index (κ2) is 5.90. The van der Waals surface area contributed by atoms with E-state index in [0.29, 0.717) is 0 Å². The Morgan fingerprint density at radius 3 is 2.63 bits per heavy atom. The summed E-state index contributed by atoms with van der Waals surface area (Å²) in [4.78, 5) is 2.14. The molecule has 0 amide bonds. The first-order valence-electron chi connectivity index (χ1n) is 5.91. The van der Waals surface area contributed by atoms with Crippen molar-refractivity contribution >= 4 is 22.9 Å². The molecule has 2 atom stereocenters. The second-order valence-corrected chi connectivity index (χ2v) is 6.12. The molecule has 5 heteroatoms. The van der Waals surface area contributed by atoms with Gasteiger partial charge in [0.05, 0.1) is 5.02 Å². The third-order valence-electron chi connectivity index (χ3n) is 2.69. The van der Waals surface area contributed by atoms with Crippen LogP contribution in [-0.2, 0) is 0 Å². The van der Waals surface area contributed by atoms with Crippen LogP contribution in [0.1, 0.15) is 22.8 Å². The van der Waals surface area contributed by atoms with Gasteiger partial charge in [-0.2, -0.15) is 0 Å². The van der Waals surface area contributed by atoms with Crippen molar-refractivity contribution in [1.82, 2.24) is 0 Å². The molecule has 0 aliphatic rings. The van der Waals surface area contributed by atoms with Crippen molar-refractivity contribution in [3.05, 3.63) is 50.9 Å². The maximum Gasteiger partial charge on any atom is 0.183 e. The zero-order valence-corrected chi connectivity index (χ0v) is 12.3. The summed E-state index contributed by atoms with van der Waals surface area (Å²) in [6.45, 7) is 3.84. The SMILES string of the molecule is Cc1ccc(C(Oc2cccc(Cl)c2F)C(C)N)s1. The number of hydrogen-bond donors (Lipinski definition) is 1. The number of ether oxygens (including phenoxy) is 1. The minimum absolute atomic E-state index is 0.0447. The molecule has 2 unspecified atom stereocenters. The van der Waals surface area contributed by atoms with E-state index < -0.39 is 5.82 Å². The minimum atomic E-state index is -0.553. The minimum Gasteiger partial charge on any atom is -0.480 e. The average Bonchev–Trinajstić information content (AvgIpc) is 2.77. The molecule has 2 rings (SSSR count). The highest BCUT2D eigenvalue weighted by Gasteiger charge is 2.22. The Hall–Kier alpha value is -1.10. The topological polar surface area (TPSA) is 35.2 Å². The van der Waals surface area contributed by atoms with E-state index >= 15 is 0 Å². The maximum atomic E-state index is 13.9. The fourth-order valence-electron chi connectivity index (χ4n) is 1.74. The molecule has 2 N–H and O–H groups in total. The van der Waals surface area contributed by atoms with E-state index in [9.17, 15) is 4.39 Å². The molecule has 1 aromatic carbocycles. The molecule has 0 aliphatic carbocycles. The van der Waals surface area contributed by atoms with Crippen molar-refractivity contribution in [1.29, 1.82) is 0 Å². The lowest BCUT2D eigenvalue weighted by Gasteiger charge is -2.21. The Bertz CT molecular complexity index is 570. The Morgan fingerprint density at radius 1 is 1.32 bits per heavy atom. The molecule has 102 valence electrons. The maximum absolute atomic E-state index is 13.9. The van der Waals surface area contributed by atoms with Crippen molar-refractivity contribution in [2.75, 3.05) is 0 Å². The van der Waals surface area contributed by atoms with Crippen molar-refractivity contribution in [2.45, 2.75) is 26.0 Å². The fourth-order valence-corrected chi connectivity index (χ4v) is 2.93. The first-order valence-corrected chi connectivity index (χ1v) is 7.11. The van der Waals surface area contributed by atoms with Crippen molar-refractivity contribution < 1.29 is 9.13 Å². The van der Waals surface area contributed by atoms with Gasteiger partial charge in [0.1, 0.15) is 6.10 Å². The molecule has 1 aromatic heterocycles. The number of halogens is 2. The number of aryl methyl sites for hydroxylation is 1. The van der Waals surface area contributed by atoms with Crippen molar-refractivity contribution in [3.8, 4) is 5.75 Å². The molecule has 19 heavy (non-hydrogen) atoms. The molecule has 0 aliphatic heterocycles. The lowest BCUT2D eigenvalue weighted by Crippen LogP contribution is -2.28. The largest absolute Gasteiger partial charge is 0.480 e. The number of nitrogens with two attached hydrogens (primary N) is 1. The Morgan fingerprint density at radius 2 is 2.05 bits per heavy atom. The van der Waals surface area contributed by atoms with Crippen LogP contribution in [-0.4, -0.2) is 6.04 Å². The summed E-state index contributed by atoms with van der Waals surface area (Å²) in [6, 6.07) is 8.38. The molecule has 2 aromatic rings. The highest BCUT2D eigenvalue weighted by molar-refractivity contribution is 7.12. The van der Waals surface area contributed by atoms with E-state index in [0.717, 1.165) is 9.75 Å². The first kappa shape index (κ1) is 14.3. The smallest absolute Gasteiger partial charge is 0.183 e. The predicted molar refractivity (Wildman–Crippen MR) is 77.5 cm³/mol. The summed E-state index contributed by atoms with van der Waals surface area (Å²) in [5.74, 6) is -0.427. The highest BCUT2D eigenvalue weighted by atomic mass is 35.5. The summed E-state index contributed by atoms with van der Waals surface area (Å²) < 4.78 is 19.6. The van der Waals surface area contributed by atoms with Gasteiger partial charge in [-0.1, -0.05) is 17.7 Å². The molecule has 0 bridgehead atoms. The molecular formula is C14H15ClFNOS. The monoisotopic (exact) mass is 299 g/mol. The lowest BCUT2D eigenvalue weighted by atomic mass is 10.1. The van der Waals surface area contributed by atoms with Gasteiger partial charge >= 0.3 is 0 Å². The van der Waals surface area contributed by atoms with E-state index in [1.807, 2.05) is 26.0 Å². The van der Waals surface area contributed by atoms with E-state index in [1.54, 1.807) is 23.5 Å². The normalized spacial score (nSPS) is 14.2. The number of benzene rings is 1. The van der Waals surface area contributed by atoms with Crippen LogP contribution in [0.4, 0.5) is 4.39 Å². The van der Waals surface area contributed by atoms with E-state index in [4.69, 9.17) is 22.1 Å². The van der Waals surface area contributed by atoms with Crippen molar-refractivity contribution in [3.63, 3.8) is 0 Å². The van der Waals surface area contributed by atoms with Gasteiger partial charge in [0, 0.05) is 15.8 Å². The molecule has 0 saturated carbocycles. The van der Waals surface area contributed by atoms with Crippen LogP contribution >= 0.6 is 22.9 Å². The predicted octanol–water partition coefficient (Wildman–Crippen LogP) is 4.32. The van der Waals surface area contributed by atoms with Gasteiger partial charge in [0.15, 0.2) is 11.6 Å². The Kier molecular flexibility index (Phi) is 4.45. The Balaban J connectivity index is 2.29. The van der Waals surface area contributed by atoms with Crippen LogP contribution in [0.5, 0.6) is 5.75 Å². The third-order valence-corrected chi connectivity index (χ3v) is 4.04. The number of rotatable bonds is 4. The standard InChI is InChI=1S/C14H15ClFNOS/c1-8-6-7-12(19-8)14(9(2)17)18-11-5-3-4-10(15)13(11)16/h3-7,9,14H,17H2,1-2H3. The van der Waals surface area contributed by atoms with Crippen LogP contribution in [0, 0.1) is 12.7 Å². The first-order chi connectivity index (χ1) is 8.99. The van der Waals surface area contributed by atoms with Gasteiger partial charge in [0.25, 0.3) is 0 Å². The van der Waals surface area contributed by atoms with Gasteiger partial charge in [-0.05, 0) is 38.1 Å². The molecule has 2 nitrogen and oxygen atoms in total. The number of thiophene rings is 1. The zero-order valence-electron chi connectivity index (χ0n) is 10.7. The molecule has 0 saturated heterocycles. The highest BCUT2D eigenvalue weighted by Crippen LogP contribution is 2.32. The molecule has 1 heterocycles. The van der Waals surface area contributed by atoms with Gasteiger partial charge in [-0.15, -0.1) is 11.3 Å². The van der Waals surface area contributed by atoms with Gasteiger partial charge in [-0.25, -0.2) is 4.39 Å². The average molecular weight is 300 g/mol. The summed E-state index contributed by atoms with van der Waals surface area (Å²) in [5, 5.41) is 0.0447. The summed E-state index contributed by atoms with van der Waals surface area (Å²) in [7, 11) is 0.